The number of aliphatic hydroxyl groups excluding tert-OH is 1. The molecule has 2 heteroatoms. The fourth-order valence-electron chi connectivity index (χ4n) is 1.66. The first-order valence-corrected chi connectivity index (χ1v) is 5.50. The quantitative estimate of drug-likeness (QED) is 0.852. The molecule has 1 N–H and O–H groups in total. The largest absolute Gasteiger partial charge is 0.469 e. The molecule has 0 aliphatic carbocycles. The minimum atomic E-state index is 0.0496. The minimum absolute atomic E-state index is 0.0496. The fraction of sp³-hybridized carbons (Fsp3) is 0.286. The molecule has 2 nitrogen and oxygen atoms in total. The van der Waals surface area contributed by atoms with E-state index in [2.05, 4.69) is 31.2 Å². The maximum atomic E-state index is 8.91. The van der Waals surface area contributed by atoms with Crippen LogP contribution in [0.3, 0.4) is 0 Å². The second-order valence-corrected chi connectivity index (χ2v) is 4.06. The third-order valence-corrected chi connectivity index (χ3v) is 2.67. The monoisotopic (exact) mass is 216 g/mol. The number of hydrogen-bond donors (Lipinski definition) is 1. The molecule has 0 aliphatic heterocycles. The van der Waals surface area contributed by atoms with Gasteiger partial charge in [0.15, 0.2) is 0 Å². The van der Waals surface area contributed by atoms with Crippen molar-refractivity contribution in [2.75, 3.05) is 0 Å². The zero-order chi connectivity index (χ0) is 11.4. The Morgan fingerprint density at radius 2 is 1.81 bits per heavy atom. The highest BCUT2D eigenvalue weighted by molar-refractivity contribution is 5.22. The summed E-state index contributed by atoms with van der Waals surface area (Å²) in [5.74, 6) is 0.935. The van der Waals surface area contributed by atoms with Crippen LogP contribution in [0.15, 0.2) is 41.0 Å². The second-order valence-electron chi connectivity index (χ2n) is 4.06. The van der Waals surface area contributed by atoms with Crippen molar-refractivity contribution in [3.05, 3.63) is 59.0 Å². The lowest BCUT2D eigenvalue weighted by Gasteiger charge is -1.99. The van der Waals surface area contributed by atoms with Crippen molar-refractivity contribution in [1.82, 2.24) is 0 Å². The minimum Gasteiger partial charge on any atom is -0.469 e. The van der Waals surface area contributed by atoms with E-state index >= 15 is 0 Å². The van der Waals surface area contributed by atoms with Crippen LogP contribution in [-0.2, 0) is 19.4 Å². The lowest BCUT2D eigenvalue weighted by molar-refractivity contribution is 0.280. The highest BCUT2D eigenvalue weighted by Crippen LogP contribution is 2.12. The van der Waals surface area contributed by atoms with Gasteiger partial charge in [-0.1, -0.05) is 29.8 Å². The van der Waals surface area contributed by atoms with E-state index < -0.39 is 0 Å². The zero-order valence-corrected chi connectivity index (χ0v) is 9.44. The maximum absolute atomic E-state index is 8.91. The molecule has 0 saturated heterocycles. The average molecular weight is 216 g/mol. The molecule has 1 aromatic heterocycles. The van der Waals surface area contributed by atoms with Gasteiger partial charge in [0.05, 0.1) is 12.9 Å². The van der Waals surface area contributed by atoms with E-state index in [4.69, 9.17) is 9.52 Å². The molecule has 0 spiro atoms. The van der Waals surface area contributed by atoms with Crippen LogP contribution in [0, 0.1) is 6.92 Å². The first-order valence-electron chi connectivity index (χ1n) is 5.50. The molecule has 0 unspecified atom stereocenters. The maximum Gasteiger partial charge on any atom is 0.104 e. The summed E-state index contributed by atoms with van der Waals surface area (Å²) in [6.45, 7) is 2.14. The molecule has 2 aromatic rings. The number of benzene rings is 1. The molecule has 1 heterocycles. The SMILES string of the molecule is Cc1ccc(CCc2cc(CO)co2)cc1. The molecule has 0 radical (unpaired) electrons. The molecule has 0 aliphatic rings. The van der Waals surface area contributed by atoms with Crippen LogP contribution < -0.4 is 0 Å². The van der Waals surface area contributed by atoms with Crippen LogP contribution >= 0.6 is 0 Å². The summed E-state index contributed by atoms with van der Waals surface area (Å²) in [4.78, 5) is 0. The van der Waals surface area contributed by atoms with E-state index in [0.717, 1.165) is 24.2 Å². The first-order chi connectivity index (χ1) is 7.78. The zero-order valence-electron chi connectivity index (χ0n) is 9.44. The van der Waals surface area contributed by atoms with Gasteiger partial charge in [-0.05, 0) is 25.0 Å². The summed E-state index contributed by atoms with van der Waals surface area (Å²) in [6, 6.07) is 10.4. The van der Waals surface area contributed by atoms with Crippen LogP contribution in [0.1, 0.15) is 22.5 Å². The van der Waals surface area contributed by atoms with Crippen molar-refractivity contribution in [3.8, 4) is 0 Å². The second kappa shape index (κ2) is 4.99. The Morgan fingerprint density at radius 3 is 2.44 bits per heavy atom. The lowest BCUT2D eigenvalue weighted by Crippen LogP contribution is -1.89. The molecule has 0 atom stereocenters. The number of aryl methyl sites for hydroxylation is 3. The average Bonchev–Trinajstić information content (AvgIpc) is 2.76. The van der Waals surface area contributed by atoms with Gasteiger partial charge in [0, 0.05) is 12.0 Å². The Bertz CT molecular complexity index is 440. The topological polar surface area (TPSA) is 33.4 Å². The Balaban J connectivity index is 1.94. The molecular weight excluding hydrogens is 200 g/mol. The molecule has 84 valence electrons. The highest BCUT2D eigenvalue weighted by atomic mass is 16.3. The Kier molecular flexibility index (Phi) is 3.42. The number of aliphatic hydroxyl groups is 1. The summed E-state index contributed by atoms with van der Waals surface area (Å²) < 4.78 is 5.34. The standard InChI is InChI=1S/C14H16O2/c1-11-2-4-12(5-3-11)6-7-14-8-13(9-15)10-16-14/h2-5,8,10,15H,6-7,9H2,1H3. The predicted octanol–water partition coefficient (Wildman–Crippen LogP) is 2.87. The Labute approximate surface area is 95.5 Å². The third kappa shape index (κ3) is 2.74. The summed E-state index contributed by atoms with van der Waals surface area (Å²) >= 11 is 0. The van der Waals surface area contributed by atoms with Crippen LogP contribution in [0.4, 0.5) is 0 Å². The van der Waals surface area contributed by atoms with Crippen LogP contribution in [-0.4, -0.2) is 5.11 Å². The van der Waals surface area contributed by atoms with E-state index in [1.807, 2.05) is 6.07 Å². The smallest absolute Gasteiger partial charge is 0.104 e. The van der Waals surface area contributed by atoms with E-state index in [9.17, 15) is 0 Å². The van der Waals surface area contributed by atoms with E-state index in [1.165, 1.54) is 11.1 Å². The Morgan fingerprint density at radius 1 is 1.06 bits per heavy atom. The van der Waals surface area contributed by atoms with E-state index in [1.54, 1.807) is 6.26 Å². The summed E-state index contributed by atoms with van der Waals surface area (Å²) in [5.41, 5.74) is 3.44. The molecular formula is C14H16O2. The summed E-state index contributed by atoms with van der Waals surface area (Å²) in [6.07, 6.45) is 3.46. The number of rotatable bonds is 4. The van der Waals surface area contributed by atoms with Crippen molar-refractivity contribution in [3.63, 3.8) is 0 Å². The van der Waals surface area contributed by atoms with Crippen molar-refractivity contribution < 1.29 is 9.52 Å². The number of hydrogen-bond acceptors (Lipinski definition) is 2. The fourth-order valence-corrected chi connectivity index (χ4v) is 1.66. The molecule has 0 bridgehead atoms. The van der Waals surface area contributed by atoms with Gasteiger partial charge >= 0.3 is 0 Å². The van der Waals surface area contributed by atoms with Crippen LogP contribution in [0.5, 0.6) is 0 Å². The molecule has 0 saturated carbocycles. The molecule has 0 amide bonds. The lowest BCUT2D eigenvalue weighted by atomic mass is 10.1. The Hall–Kier alpha value is -1.54. The third-order valence-electron chi connectivity index (χ3n) is 2.67. The van der Waals surface area contributed by atoms with Crippen molar-refractivity contribution in [1.29, 1.82) is 0 Å². The molecule has 16 heavy (non-hydrogen) atoms. The first kappa shape index (κ1) is 11.0. The van der Waals surface area contributed by atoms with Crippen molar-refractivity contribution in [2.45, 2.75) is 26.4 Å². The molecule has 0 fully saturated rings. The van der Waals surface area contributed by atoms with Gasteiger partial charge in [-0.15, -0.1) is 0 Å². The van der Waals surface area contributed by atoms with Crippen molar-refractivity contribution >= 4 is 0 Å². The van der Waals surface area contributed by atoms with Gasteiger partial charge in [-0.3, -0.25) is 0 Å². The van der Waals surface area contributed by atoms with Gasteiger partial charge in [-0.2, -0.15) is 0 Å². The van der Waals surface area contributed by atoms with Gasteiger partial charge in [0.2, 0.25) is 0 Å². The highest BCUT2D eigenvalue weighted by Gasteiger charge is 2.01. The van der Waals surface area contributed by atoms with Crippen LogP contribution in [0.2, 0.25) is 0 Å². The van der Waals surface area contributed by atoms with E-state index in [-0.39, 0.29) is 6.61 Å². The number of furan rings is 1. The summed E-state index contributed by atoms with van der Waals surface area (Å²) in [5, 5.41) is 8.91. The van der Waals surface area contributed by atoms with Gasteiger partial charge < -0.3 is 9.52 Å². The molecule has 2 rings (SSSR count). The predicted molar refractivity (Wildman–Crippen MR) is 63.2 cm³/mol. The van der Waals surface area contributed by atoms with Crippen LogP contribution in [0.25, 0.3) is 0 Å². The normalized spacial score (nSPS) is 10.6. The van der Waals surface area contributed by atoms with Gasteiger partial charge in [0.25, 0.3) is 0 Å². The van der Waals surface area contributed by atoms with E-state index in [0.29, 0.717) is 0 Å². The van der Waals surface area contributed by atoms with Gasteiger partial charge in [-0.25, -0.2) is 0 Å². The summed E-state index contributed by atoms with van der Waals surface area (Å²) in [7, 11) is 0. The molecule has 1 aromatic carbocycles. The van der Waals surface area contributed by atoms with Gasteiger partial charge in [0.1, 0.15) is 5.76 Å². The van der Waals surface area contributed by atoms with Crippen molar-refractivity contribution in [2.24, 2.45) is 0 Å².